The number of cyclic esters (lactones) is 1. The summed E-state index contributed by atoms with van der Waals surface area (Å²) in [6.45, 7) is 12.5. The summed E-state index contributed by atoms with van der Waals surface area (Å²) in [6.07, 6.45) is 8.45. The van der Waals surface area contributed by atoms with Crippen LogP contribution in [0.4, 0.5) is 0 Å². The highest BCUT2D eigenvalue weighted by Gasteiger charge is 2.60. The Morgan fingerprint density at radius 3 is 2.18 bits per heavy atom. The molecule has 1 heterocycles. The topological polar surface area (TPSA) is 99.1 Å². The first kappa shape index (κ1) is 29.4. The Kier molecular flexibility index (Phi) is 8.30. The van der Waals surface area contributed by atoms with Gasteiger partial charge >= 0.3 is 17.9 Å². The summed E-state index contributed by atoms with van der Waals surface area (Å²) in [4.78, 5) is 38.7. The fourth-order valence-electron chi connectivity index (χ4n) is 8.24. The van der Waals surface area contributed by atoms with Gasteiger partial charge in [0.1, 0.15) is 5.60 Å². The third-order valence-electron chi connectivity index (χ3n) is 10.2. The minimum absolute atomic E-state index is 0.0429. The molecule has 5 rings (SSSR count). The Balaban J connectivity index is 1.36. The van der Waals surface area contributed by atoms with E-state index < -0.39 is 34.1 Å². The van der Waals surface area contributed by atoms with E-state index in [2.05, 4.69) is 13.8 Å². The minimum atomic E-state index is -0.799. The smallest absolute Gasteiger partial charge is 0.347 e. The van der Waals surface area contributed by atoms with Crippen LogP contribution >= 0.6 is 0 Å². The van der Waals surface area contributed by atoms with Crippen LogP contribution in [0.25, 0.3) is 0 Å². The standard InChI is InChI=1S/C31H50O7/c1-20(2)14-28(5,26(33)38-31-17-22-13-23(18-31)16-30(35,15-22)19-31)10-7-8-11-29(6,21(3)4)27(34)37-24-9-12-36-25(24)32/h20-24,35H,7-19H2,1-6H3. The monoisotopic (exact) mass is 534 g/mol. The second-order valence-corrected chi connectivity index (χ2v) is 14.5. The summed E-state index contributed by atoms with van der Waals surface area (Å²) in [5, 5.41) is 11.1. The maximum absolute atomic E-state index is 13.8. The predicted octanol–water partition coefficient (Wildman–Crippen LogP) is 5.75. The van der Waals surface area contributed by atoms with Crippen molar-refractivity contribution < 1.29 is 33.7 Å². The Morgan fingerprint density at radius 2 is 1.66 bits per heavy atom. The van der Waals surface area contributed by atoms with Gasteiger partial charge in [0.25, 0.3) is 0 Å². The lowest BCUT2D eigenvalue weighted by Gasteiger charge is -2.59. The van der Waals surface area contributed by atoms with E-state index in [4.69, 9.17) is 14.2 Å². The largest absolute Gasteiger partial charge is 0.463 e. The van der Waals surface area contributed by atoms with Crippen molar-refractivity contribution in [2.24, 2.45) is 34.5 Å². The molecule has 4 saturated carbocycles. The van der Waals surface area contributed by atoms with E-state index in [1.807, 2.05) is 27.7 Å². The minimum Gasteiger partial charge on any atom is -0.463 e. The average molecular weight is 535 g/mol. The van der Waals surface area contributed by atoms with Crippen molar-refractivity contribution in [1.29, 1.82) is 0 Å². The molecular weight excluding hydrogens is 484 g/mol. The van der Waals surface area contributed by atoms with Crippen molar-refractivity contribution in [2.75, 3.05) is 6.61 Å². The van der Waals surface area contributed by atoms with Crippen LogP contribution in [0.5, 0.6) is 0 Å². The lowest BCUT2D eigenvalue weighted by atomic mass is 9.52. The molecule has 216 valence electrons. The number of esters is 3. The van der Waals surface area contributed by atoms with E-state index in [1.54, 1.807) is 0 Å². The summed E-state index contributed by atoms with van der Waals surface area (Å²) in [5.41, 5.74) is -2.49. The molecule has 4 aliphatic carbocycles. The first-order chi connectivity index (χ1) is 17.7. The second kappa shape index (κ2) is 10.7. The van der Waals surface area contributed by atoms with Gasteiger partial charge in [-0.25, -0.2) is 4.79 Å². The number of unbranched alkanes of at least 4 members (excludes halogenated alkanes) is 1. The van der Waals surface area contributed by atoms with Crippen LogP contribution in [0, 0.1) is 34.5 Å². The molecule has 0 aromatic heterocycles. The Hall–Kier alpha value is -1.63. The third-order valence-corrected chi connectivity index (χ3v) is 10.2. The van der Waals surface area contributed by atoms with Crippen molar-refractivity contribution in [3.63, 3.8) is 0 Å². The normalized spacial score (nSPS) is 35.2. The number of rotatable bonds is 12. The molecule has 0 spiro atoms. The highest BCUT2D eigenvalue weighted by atomic mass is 16.6. The zero-order valence-corrected chi connectivity index (χ0v) is 24.5. The van der Waals surface area contributed by atoms with Gasteiger partial charge in [-0.1, -0.05) is 40.5 Å². The highest BCUT2D eigenvalue weighted by Crippen LogP contribution is 2.59. The summed E-state index contributed by atoms with van der Waals surface area (Å²) in [7, 11) is 0. The molecular formula is C31H50O7. The zero-order chi connectivity index (χ0) is 27.9. The van der Waals surface area contributed by atoms with Crippen molar-refractivity contribution >= 4 is 17.9 Å². The predicted molar refractivity (Wildman–Crippen MR) is 143 cm³/mol. The van der Waals surface area contributed by atoms with Crippen LogP contribution in [-0.2, 0) is 28.6 Å². The quantitative estimate of drug-likeness (QED) is 0.193. The van der Waals surface area contributed by atoms with Crippen LogP contribution in [0.15, 0.2) is 0 Å². The van der Waals surface area contributed by atoms with Gasteiger partial charge in [0.05, 0.1) is 23.0 Å². The molecule has 1 N–H and O–H groups in total. The van der Waals surface area contributed by atoms with Crippen molar-refractivity contribution in [3.05, 3.63) is 0 Å². The van der Waals surface area contributed by atoms with Gasteiger partial charge in [0.2, 0.25) is 6.10 Å². The number of aliphatic hydroxyl groups is 1. The van der Waals surface area contributed by atoms with Crippen molar-refractivity contribution in [1.82, 2.24) is 0 Å². The molecule has 1 saturated heterocycles. The Bertz CT molecular complexity index is 896. The molecule has 0 aromatic carbocycles. The third kappa shape index (κ3) is 6.08. The molecule has 7 nitrogen and oxygen atoms in total. The molecule has 7 heteroatoms. The van der Waals surface area contributed by atoms with Crippen LogP contribution in [0.3, 0.4) is 0 Å². The van der Waals surface area contributed by atoms with Gasteiger partial charge in [0.15, 0.2) is 0 Å². The van der Waals surface area contributed by atoms with E-state index >= 15 is 0 Å². The van der Waals surface area contributed by atoms with Crippen molar-refractivity contribution in [2.45, 2.75) is 136 Å². The highest BCUT2D eigenvalue weighted by molar-refractivity contribution is 5.83. The molecule has 0 aromatic rings. The van der Waals surface area contributed by atoms with Crippen molar-refractivity contribution in [3.8, 4) is 0 Å². The molecule has 38 heavy (non-hydrogen) atoms. The Morgan fingerprint density at radius 1 is 1.03 bits per heavy atom. The summed E-state index contributed by atoms with van der Waals surface area (Å²) >= 11 is 0. The molecule has 5 unspecified atom stereocenters. The maximum Gasteiger partial charge on any atom is 0.347 e. The number of hydrogen-bond acceptors (Lipinski definition) is 7. The van der Waals surface area contributed by atoms with Crippen LogP contribution in [0.2, 0.25) is 0 Å². The number of carbonyl (C=O) groups is 3. The fourth-order valence-corrected chi connectivity index (χ4v) is 8.24. The van der Waals surface area contributed by atoms with E-state index in [0.717, 1.165) is 51.4 Å². The SMILES string of the molecule is CC(C)CC(C)(CCCCC(C)(C(=O)OC1CCOC1=O)C(C)C)C(=O)OC12CC3CC(CC(O)(C3)C1)C2. The second-order valence-electron chi connectivity index (χ2n) is 14.5. The summed E-state index contributed by atoms with van der Waals surface area (Å²) in [6, 6.07) is 0. The number of hydrogen-bond donors (Lipinski definition) is 1. The van der Waals surface area contributed by atoms with Gasteiger partial charge in [-0.05, 0) is 88.9 Å². The number of carbonyl (C=O) groups excluding carboxylic acids is 3. The first-order valence-electron chi connectivity index (χ1n) is 15.0. The molecule has 0 amide bonds. The average Bonchev–Trinajstić information content (AvgIpc) is 3.18. The summed E-state index contributed by atoms with van der Waals surface area (Å²) < 4.78 is 16.9. The van der Waals surface area contributed by atoms with Gasteiger partial charge in [-0.2, -0.15) is 0 Å². The van der Waals surface area contributed by atoms with Crippen LogP contribution in [-0.4, -0.2) is 46.9 Å². The summed E-state index contributed by atoms with van der Waals surface area (Å²) in [5.74, 6) is 0.382. The van der Waals surface area contributed by atoms with Gasteiger partial charge in [-0.15, -0.1) is 0 Å². The first-order valence-corrected chi connectivity index (χ1v) is 15.0. The lowest BCUT2D eigenvalue weighted by Crippen LogP contribution is -2.61. The number of ether oxygens (including phenoxy) is 3. The molecule has 5 aliphatic rings. The molecule has 5 atom stereocenters. The van der Waals surface area contributed by atoms with Crippen LogP contribution < -0.4 is 0 Å². The molecule has 5 fully saturated rings. The molecule has 0 radical (unpaired) electrons. The fraction of sp³-hybridized carbons (Fsp3) is 0.903. The van der Waals surface area contributed by atoms with Gasteiger partial charge in [0, 0.05) is 12.8 Å². The van der Waals surface area contributed by atoms with E-state index in [0.29, 0.717) is 50.0 Å². The van der Waals surface area contributed by atoms with Gasteiger partial charge in [-0.3, -0.25) is 9.59 Å². The van der Waals surface area contributed by atoms with E-state index in [-0.39, 0.29) is 17.9 Å². The van der Waals surface area contributed by atoms with Gasteiger partial charge < -0.3 is 19.3 Å². The molecule has 4 bridgehead atoms. The van der Waals surface area contributed by atoms with Crippen LogP contribution in [0.1, 0.15) is 119 Å². The van der Waals surface area contributed by atoms with E-state index in [9.17, 15) is 19.5 Å². The zero-order valence-electron chi connectivity index (χ0n) is 24.5. The molecule has 1 aliphatic heterocycles. The Labute approximate surface area is 228 Å². The maximum atomic E-state index is 13.8. The lowest BCUT2D eigenvalue weighted by molar-refractivity contribution is -0.226. The van der Waals surface area contributed by atoms with E-state index in [1.165, 1.54) is 0 Å².